The van der Waals surface area contributed by atoms with Crippen molar-refractivity contribution < 1.29 is 9.90 Å². The lowest BCUT2D eigenvalue weighted by atomic mass is 10.2. The van der Waals surface area contributed by atoms with Gasteiger partial charge in [-0.05, 0) is 25.1 Å². The number of rotatable bonds is 3. The van der Waals surface area contributed by atoms with E-state index in [1.807, 2.05) is 0 Å². The molecule has 0 radical (unpaired) electrons. The fourth-order valence-corrected chi connectivity index (χ4v) is 1.33. The molecule has 1 atom stereocenters. The molecule has 1 aromatic heterocycles. The first-order valence-corrected chi connectivity index (χ1v) is 4.93. The standard InChI is InChI=1S/C10H12N4O2/c1-6(5-15)11-10(16)7-2-3-8-9(4-7)13-14-12-8/h2-4,6,15H,5H2,1H3,(H,11,16)(H,12,13,14)/t6-/m1/s1. The van der Waals surface area contributed by atoms with Crippen LogP contribution in [0, 0.1) is 0 Å². The Morgan fingerprint density at radius 2 is 2.25 bits per heavy atom. The van der Waals surface area contributed by atoms with Crippen LogP contribution in [-0.2, 0) is 0 Å². The first-order valence-electron chi connectivity index (χ1n) is 4.93. The van der Waals surface area contributed by atoms with Gasteiger partial charge >= 0.3 is 0 Å². The number of carbonyl (C=O) groups is 1. The monoisotopic (exact) mass is 220 g/mol. The molecule has 0 aliphatic rings. The summed E-state index contributed by atoms with van der Waals surface area (Å²) in [5.74, 6) is -0.230. The molecule has 0 bridgehead atoms. The summed E-state index contributed by atoms with van der Waals surface area (Å²) >= 11 is 0. The molecule has 16 heavy (non-hydrogen) atoms. The number of nitrogens with zero attached hydrogens (tertiary/aromatic N) is 2. The van der Waals surface area contributed by atoms with E-state index < -0.39 is 0 Å². The van der Waals surface area contributed by atoms with Crippen LogP contribution in [0.2, 0.25) is 0 Å². The van der Waals surface area contributed by atoms with Crippen molar-refractivity contribution in [3.05, 3.63) is 23.8 Å². The average molecular weight is 220 g/mol. The van der Waals surface area contributed by atoms with Gasteiger partial charge in [0.1, 0.15) is 11.0 Å². The molecule has 0 fully saturated rings. The van der Waals surface area contributed by atoms with E-state index in [4.69, 9.17) is 5.11 Å². The second kappa shape index (κ2) is 4.28. The van der Waals surface area contributed by atoms with Crippen molar-refractivity contribution in [2.75, 3.05) is 6.61 Å². The second-order valence-corrected chi connectivity index (χ2v) is 3.58. The van der Waals surface area contributed by atoms with Gasteiger partial charge in [0.05, 0.1) is 6.61 Å². The highest BCUT2D eigenvalue weighted by Gasteiger charge is 2.10. The van der Waals surface area contributed by atoms with Crippen LogP contribution >= 0.6 is 0 Å². The highest BCUT2D eigenvalue weighted by Crippen LogP contribution is 2.10. The molecule has 0 unspecified atom stereocenters. The third kappa shape index (κ3) is 2.01. The van der Waals surface area contributed by atoms with Gasteiger partial charge in [-0.15, -0.1) is 0 Å². The molecule has 0 aliphatic carbocycles. The molecule has 3 N–H and O–H groups in total. The van der Waals surface area contributed by atoms with Gasteiger partial charge in [0.2, 0.25) is 0 Å². The van der Waals surface area contributed by atoms with Gasteiger partial charge in [0.15, 0.2) is 0 Å². The number of aliphatic hydroxyl groups is 1. The van der Waals surface area contributed by atoms with E-state index in [0.717, 1.165) is 0 Å². The Morgan fingerprint density at radius 3 is 3.00 bits per heavy atom. The maximum atomic E-state index is 11.7. The van der Waals surface area contributed by atoms with Crippen LogP contribution in [0.25, 0.3) is 11.0 Å². The summed E-state index contributed by atoms with van der Waals surface area (Å²) in [7, 11) is 0. The minimum Gasteiger partial charge on any atom is -0.394 e. The van der Waals surface area contributed by atoms with Crippen molar-refractivity contribution in [2.45, 2.75) is 13.0 Å². The van der Waals surface area contributed by atoms with Gasteiger partial charge < -0.3 is 10.4 Å². The Kier molecular flexibility index (Phi) is 2.82. The van der Waals surface area contributed by atoms with Gasteiger partial charge in [-0.3, -0.25) is 4.79 Å². The molecule has 1 heterocycles. The average Bonchev–Trinajstić information content (AvgIpc) is 2.75. The normalized spacial score (nSPS) is 12.6. The van der Waals surface area contributed by atoms with Crippen LogP contribution in [0.3, 0.4) is 0 Å². The maximum Gasteiger partial charge on any atom is 0.251 e. The molecule has 1 aromatic carbocycles. The summed E-state index contributed by atoms with van der Waals surface area (Å²) in [6, 6.07) is 4.78. The fraction of sp³-hybridized carbons (Fsp3) is 0.300. The van der Waals surface area contributed by atoms with E-state index in [2.05, 4.69) is 20.7 Å². The summed E-state index contributed by atoms with van der Waals surface area (Å²) in [4.78, 5) is 11.7. The van der Waals surface area contributed by atoms with Crippen LogP contribution < -0.4 is 5.32 Å². The number of aromatic amines is 1. The predicted octanol–water partition coefficient (Wildman–Crippen LogP) is 0.0685. The fourth-order valence-electron chi connectivity index (χ4n) is 1.33. The van der Waals surface area contributed by atoms with E-state index in [0.29, 0.717) is 16.6 Å². The molecule has 0 spiro atoms. The minimum absolute atomic E-state index is 0.0854. The Bertz CT molecular complexity index is 508. The van der Waals surface area contributed by atoms with Crippen molar-refractivity contribution in [3.8, 4) is 0 Å². The van der Waals surface area contributed by atoms with Crippen molar-refractivity contribution in [2.24, 2.45) is 0 Å². The van der Waals surface area contributed by atoms with Crippen LogP contribution in [0.1, 0.15) is 17.3 Å². The van der Waals surface area contributed by atoms with Crippen LogP contribution in [0.15, 0.2) is 18.2 Å². The lowest BCUT2D eigenvalue weighted by Gasteiger charge is -2.10. The van der Waals surface area contributed by atoms with Gasteiger partial charge in [-0.2, -0.15) is 15.4 Å². The maximum absolute atomic E-state index is 11.7. The molecule has 2 rings (SSSR count). The molecular formula is C10H12N4O2. The van der Waals surface area contributed by atoms with E-state index >= 15 is 0 Å². The summed E-state index contributed by atoms with van der Waals surface area (Å²) < 4.78 is 0. The number of carbonyl (C=O) groups excluding carboxylic acids is 1. The lowest BCUT2D eigenvalue weighted by molar-refractivity contribution is 0.0922. The van der Waals surface area contributed by atoms with Gasteiger partial charge in [0.25, 0.3) is 5.91 Å². The van der Waals surface area contributed by atoms with E-state index in [1.165, 1.54) is 0 Å². The third-order valence-corrected chi connectivity index (χ3v) is 2.23. The number of aromatic nitrogens is 3. The molecule has 84 valence electrons. The first kappa shape index (κ1) is 10.6. The molecule has 6 nitrogen and oxygen atoms in total. The number of hydrogen-bond acceptors (Lipinski definition) is 4. The Morgan fingerprint density at radius 1 is 1.50 bits per heavy atom. The smallest absolute Gasteiger partial charge is 0.251 e. The predicted molar refractivity (Wildman–Crippen MR) is 57.9 cm³/mol. The van der Waals surface area contributed by atoms with Crippen molar-refractivity contribution in [1.29, 1.82) is 0 Å². The topological polar surface area (TPSA) is 90.9 Å². The summed E-state index contributed by atoms with van der Waals surface area (Å²) in [6.45, 7) is 1.64. The number of aliphatic hydroxyl groups excluding tert-OH is 1. The van der Waals surface area contributed by atoms with Crippen molar-refractivity contribution in [1.82, 2.24) is 20.7 Å². The van der Waals surface area contributed by atoms with Gasteiger partial charge in [-0.25, -0.2) is 0 Å². The highest BCUT2D eigenvalue weighted by molar-refractivity contribution is 5.97. The molecule has 2 aromatic rings. The zero-order valence-electron chi connectivity index (χ0n) is 8.77. The van der Waals surface area contributed by atoms with Gasteiger partial charge in [-0.1, -0.05) is 0 Å². The quantitative estimate of drug-likeness (QED) is 0.682. The number of benzene rings is 1. The van der Waals surface area contributed by atoms with E-state index in [1.54, 1.807) is 25.1 Å². The number of hydrogen-bond donors (Lipinski definition) is 3. The molecule has 1 amide bonds. The van der Waals surface area contributed by atoms with Crippen molar-refractivity contribution in [3.63, 3.8) is 0 Å². The van der Waals surface area contributed by atoms with E-state index in [-0.39, 0.29) is 18.6 Å². The van der Waals surface area contributed by atoms with Gasteiger partial charge in [0, 0.05) is 11.6 Å². The Labute approximate surface area is 91.7 Å². The lowest BCUT2D eigenvalue weighted by Crippen LogP contribution is -2.34. The summed E-state index contributed by atoms with van der Waals surface area (Å²) in [6.07, 6.45) is 0. The van der Waals surface area contributed by atoms with E-state index in [9.17, 15) is 4.79 Å². The molecule has 6 heteroatoms. The van der Waals surface area contributed by atoms with Crippen LogP contribution in [0.5, 0.6) is 0 Å². The summed E-state index contributed by atoms with van der Waals surface area (Å²) in [5.41, 5.74) is 1.86. The molecule has 0 saturated heterocycles. The second-order valence-electron chi connectivity index (χ2n) is 3.58. The number of fused-ring (bicyclic) bond motifs is 1. The number of H-pyrrole nitrogens is 1. The Hall–Kier alpha value is -1.95. The Balaban J connectivity index is 2.22. The SMILES string of the molecule is C[C@H](CO)NC(=O)c1ccc2n[nH]nc2c1. The molecule has 0 saturated carbocycles. The zero-order chi connectivity index (χ0) is 11.5. The first-order chi connectivity index (χ1) is 7.70. The molecular weight excluding hydrogens is 208 g/mol. The summed E-state index contributed by atoms with van der Waals surface area (Å²) in [5, 5.41) is 21.8. The number of amides is 1. The minimum atomic E-state index is -0.263. The molecule has 0 aliphatic heterocycles. The van der Waals surface area contributed by atoms with Crippen molar-refractivity contribution >= 4 is 16.9 Å². The highest BCUT2D eigenvalue weighted by atomic mass is 16.3. The number of nitrogens with one attached hydrogen (secondary N) is 2. The zero-order valence-corrected chi connectivity index (χ0v) is 8.77. The third-order valence-electron chi connectivity index (χ3n) is 2.23. The largest absolute Gasteiger partial charge is 0.394 e. The van der Waals surface area contributed by atoms with Crippen LogP contribution in [0.4, 0.5) is 0 Å². The van der Waals surface area contributed by atoms with Crippen LogP contribution in [-0.4, -0.2) is 39.1 Å².